The highest BCUT2D eigenvalue weighted by molar-refractivity contribution is 7.47. The molecule has 0 saturated carbocycles. The first-order valence-corrected chi connectivity index (χ1v) is 7.45. The lowest BCUT2D eigenvalue weighted by molar-refractivity contribution is -0.311. The molecule has 0 atom stereocenters. The van der Waals surface area contributed by atoms with Gasteiger partial charge in [0.1, 0.15) is 18.9 Å². The van der Waals surface area contributed by atoms with Crippen molar-refractivity contribution < 1.29 is 70.9 Å². The van der Waals surface area contributed by atoms with Gasteiger partial charge in [-0.05, 0) is 0 Å². The Bertz CT molecular complexity index is 452. The van der Waals surface area contributed by atoms with Crippen LogP contribution in [0.15, 0.2) is 0 Å². The Morgan fingerprint density at radius 3 is 1.23 bits per heavy atom. The summed E-state index contributed by atoms with van der Waals surface area (Å²) in [5.41, 5.74) is 0. The molecule has 0 spiro atoms. The second kappa shape index (κ2) is 8.52. The van der Waals surface area contributed by atoms with E-state index in [1.54, 1.807) is 0 Å². The summed E-state index contributed by atoms with van der Waals surface area (Å²) in [6, 6.07) is 0. The lowest BCUT2D eigenvalue weighted by Gasteiger charge is -2.24. The van der Waals surface area contributed by atoms with Crippen molar-refractivity contribution in [3.63, 3.8) is 0 Å². The first-order chi connectivity index (χ1) is 11.2. The molecule has 0 heterocycles. The highest BCUT2D eigenvalue weighted by Crippen LogP contribution is 2.51. The molecule has 0 aromatic rings. The van der Waals surface area contributed by atoms with Crippen LogP contribution in [0.5, 0.6) is 0 Å². The molecule has 4 nitrogen and oxygen atoms in total. The SMILES string of the molecule is O=P(F)(F)OC(COC(F)(F)CC(F)(F)F)COC(F)(F)CC(F)(F)F. The van der Waals surface area contributed by atoms with Gasteiger partial charge in [0.2, 0.25) is 0 Å². The van der Waals surface area contributed by atoms with Crippen molar-refractivity contribution in [1.29, 1.82) is 0 Å². The summed E-state index contributed by atoms with van der Waals surface area (Å²) >= 11 is 0. The van der Waals surface area contributed by atoms with Crippen molar-refractivity contribution in [2.75, 3.05) is 13.2 Å². The molecular formula is C9H9F12O4P. The minimum atomic E-state index is -6.56. The van der Waals surface area contributed by atoms with E-state index in [-0.39, 0.29) is 0 Å². The average molecular weight is 440 g/mol. The Morgan fingerprint density at radius 1 is 0.692 bits per heavy atom. The van der Waals surface area contributed by atoms with Crippen LogP contribution in [-0.2, 0) is 18.6 Å². The predicted octanol–water partition coefficient (Wildman–Crippen LogP) is 5.54. The van der Waals surface area contributed by atoms with Crippen LogP contribution in [0.2, 0.25) is 0 Å². The molecule has 0 aliphatic carbocycles. The van der Waals surface area contributed by atoms with E-state index in [4.69, 9.17) is 0 Å². The quantitative estimate of drug-likeness (QED) is 0.331. The Kier molecular flexibility index (Phi) is 8.28. The maximum absolute atomic E-state index is 12.8. The maximum atomic E-state index is 12.8. The van der Waals surface area contributed by atoms with Gasteiger partial charge in [-0.2, -0.15) is 43.9 Å². The zero-order valence-electron chi connectivity index (χ0n) is 12.0. The molecule has 0 aromatic carbocycles. The summed E-state index contributed by atoms with van der Waals surface area (Å²) in [6.07, 6.45) is -29.5. The zero-order chi connectivity index (χ0) is 21.0. The predicted molar refractivity (Wildman–Crippen MR) is 57.8 cm³/mol. The van der Waals surface area contributed by atoms with Gasteiger partial charge in [-0.1, -0.05) is 0 Å². The molecule has 0 amide bonds. The normalized spacial score (nSPS) is 15.0. The molecule has 0 aliphatic heterocycles. The number of halogens is 12. The highest BCUT2D eigenvalue weighted by atomic mass is 31.2. The smallest absolute Gasteiger partial charge is 0.317 e. The van der Waals surface area contributed by atoms with Crippen LogP contribution in [0.3, 0.4) is 0 Å². The van der Waals surface area contributed by atoms with Crippen LogP contribution in [0.1, 0.15) is 12.8 Å². The van der Waals surface area contributed by atoms with Gasteiger partial charge >= 0.3 is 32.6 Å². The number of hydrogen-bond acceptors (Lipinski definition) is 4. The topological polar surface area (TPSA) is 44.8 Å². The fourth-order valence-electron chi connectivity index (χ4n) is 1.28. The summed E-state index contributed by atoms with van der Waals surface area (Å²) < 4.78 is 167. The minimum Gasteiger partial charge on any atom is -0.317 e. The van der Waals surface area contributed by atoms with Gasteiger partial charge in [-0.15, -0.1) is 8.39 Å². The second-order valence-electron chi connectivity index (χ2n) is 4.62. The van der Waals surface area contributed by atoms with Crippen LogP contribution >= 0.6 is 7.99 Å². The molecule has 0 radical (unpaired) electrons. The van der Waals surface area contributed by atoms with Gasteiger partial charge in [-0.3, -0.25) is 4.52 Å². The summed E-state index contributed by atoms with van der Waals surface area (Å²) in [4.78, 5) is 0. The molecule has 0 aliphatic rings. The van der Waals surface area contributed by atoms with Crippen molar-refractivity contribution in [2.24, 2.45) is 0 Å². The lowest BCUT2D eigenvalue weighted by Crippen LogP contribution is -2.37. The molecule has 0 fully saturated rings. The molecule has 0 bridgehead atoms. The third kappa shape index (κ3) is 14.4. The Hall–Kier alpha value is -0.730. The van der Waals surface area contributed by atoms with E-state index >= 15 is 0 Å². The van der Waals surface area contributed by atoms with Crippen molar-refractivity contribution in [2.45, 2.75) is 43.5 Å². The second-order valence-corrected chi connectivity index (χ2v) is 5.66. The van der Waals surface area contributed by atoms with E-state index in [9.17, 15) is 56.9 Å². The largest absolute Gasteiger partial charge is 0.552 e. The van der Waals surface area contributed by atoms with E-state index in [1.807, 2.05) is 0 Å². The van der Waals surface area contributed by atoms with Gasteiger partial charge in [0.25, 0.3) is 0 Å². The van der Waals surface area contributed by atoms with Crippen LogP contribution in [0.25, 0.3) is 0 Å². The van der Waals surface area contributed by atoms with Crippen LogP contribution < -0.4 is 0 Å². The van der Waals surface area contributed by atoms with Crippen molar-refractivity contribution in [3.05, 3.63) is 0 Å². The van der Waals surface area contributed by atoms with E-state index in [2.05, 4.69) is 14.0 Å². The van der Waals surface area contributed by atoms with E-state index in [0.29, 0.717) is 0 Å². The summed E-state index contributed by atoms with van der Waals surface area (Å²) in [7, 11) is -6.56. The van der Waals surface area contributed by atoms with Gasteiger partial charge < -0.3 is 9.47 Å². The Morgan fingerprint density at radius 2 is 1.00 bits per heavy atom. The van der Waals surface area contributed by atoms with Gasteiger partial charge in [0.15, 0.2) is 0 Å². The third-order valence-corrected chi connectivity index (χ3v) is 2.59. The first kappa shape index (κ1) is 25.3. The molecule has 158 valence electrons. The van der Waals surface area contributed by atoms with Crippen LogP contribution in [0.4, 0.5) is 52.3 Å². The standard InChI is InChI=1S/C9H9F12O4P/c10-6(11,12)3-8(16,17)23-1-5(25-26(20,21)22)2-24-9(18,19)4-7(13,14)15/h5H,1-4H2. The van der Waals surface area contributed by atoms with E-state index < -0.39 is 64.7 Å². The molecule has 0 saturated heterocycles. The number of ether oxygens (including phenoxy) is 2. The van der Waals surface area contributed by atoms with Crippen molar-refractivity contribution >= 4 is 7.99 Å². The fourth-order valence-corrected chi connectivity index (χ4v) is 1.75. The summed E-state index contributed by atoms with van der Waals surface area (Å²) in [6.45, 7) is -3.94. The summed E-state index contributed by atoms with van der Waals surface area (Å²) in [5.74, 6) is 0. The van der Waals surface area contributed by atoms with Crippen molar-refractivity contribution in [3.8, 4) is 0 Å². The Balaban J connectivity index is 4.90. The zero-order valence-corrected chi connectivity index (χ0v) is 12.9. The lowest BCUT2D eigenvalue weighted by atomic mass is 10.3. The van der Waals surface area contributed by atoms with Gasteiger partial charge in [0.05, 0.1) is 13.2 Å². The van der Waals surface area contributed by atoms with Crippen LogP contribution in [0, 0.1) is 0 Å². The van der Waals surface area contributed by atoms with E-state index in [0.717, 1.165) is 0 Å². The molecule has 17 heteroatoms. The maximum Gasteiger partial charge on any atom is 0.552 e. The number of alkyl halides is 10. The Labute approximate surface area is 137 Å². The molecule has 0 N–H and O–H groups in total. The number of rotatable bonds is 10. The fraction of sp³-hybridized carbons (Fsp3) is 1.00. The summed E-state index contributed by atoms with van der Waals surface area (Å²) in [5, 5.41) is 0. The molecule has 26 heavy (non-hydrogen) atoms. The third-order valence-electron chi connectivity index (χ3n) is 2.05. The van der Waals surface area contributed by atoms with Crippen LogP contribution in [-0.4, -0.2) is 43.9 Å². The molecular weight excluding hydrogens is 431 g/mol. The molecule has 0 aromatic heterocycles. The van der Waals surface area contributed by atoms with E-state index in [1.165, 1.54) is 0 Å². The number of hydrogen-bond donors (Lipinski definition) is 0. The van der Waals surface area contributed by atoms with Gasteiger partial charge in [-0.25, -0.2) is 4.57 Å². The first-order valence-electron chi connectivity index (χ1n) is 6.05. The molecule has 0 rings (SSSR count). The molecule has 0 unspecified atom stereocenters. The minimum absolute atomic E-state index is 1.97. The van der Waals surface area contributed by atoms with Gasteiger partial charge in [0, 0.05) is 0 Å². The highest BCUT2D eigenvalue weighted by Gasteiger charge is 2.47. The van der Waals surface area contributed by atoms with Crippen molar-refractivity contribution in [1.82, 2.24) is 0 Å². The average Bonchev–Trinajstić information content (AvgIpc) is 2.25. The monoisotopic (exact) mass is 440 g/mol.